The van der Waals surface area contributed by atoms with Crippen LogP contribution in [-0.2, 0) is 14.3 Å². The Balaban J connectivity index is 1.47. The van der Waals surface area contributed by atoms with Gasteiger partial charge >= 0.3 is 0 Å². The molecule has 4 heteroatoms. The molecule has 0 bridgehead atoms. The number of allylic oxidation sites excluding steroid dienone is 1. The first kappa shape index (κ1) is 15.5. The zero-order chi connectivity index (χ0) is 16.6. The van der Waals surface area contributed by atoms with E-state index in [-0.39, 0.29) is 11.3 Å². The predicted octanol–water partition coefficient (Wildman–Crippen LogP) is 2.99. The molecule has 132 valence electrons. The van der Waals surface area contributed by atoms with Crippen molar-refractivity contribution in [2.45, 2.75) is 69.7 Å². The Morgan fingerprint density at radius 1 is 1.17 bits per heavy atom. The van der Waals surface area contributed by atoms with E-state index in [2.05, 4.69) is 13.0 Å². The number of hydrogen-bond donors (Lipinski definition) is 1. The molecule has 4 aliphatic carbocycles. The molecule has 5 aliphatic rings. The lowest BCUT2D eigenvalue weighted by molar-refractivity contribution is -0.222. The van der Waals surface area contributed by atoms with Crippen LogP contribution in [0.4, 0.5) is 0 Å². The number of carbonyl (C=O) groups is 1. The molecule has 0 aromatic heterocycles. The van der Waals surface area contributed by atoms with Crippen LogP contribution in [0.3, 0.4) is 0 Å². The summed E-state index contributed by atoms with van der Waals surface area (Å²) in [5.41, 5.74) is 0.380. The van der Waals surface area contributed by atoms with Crippen molar-refractivity contribution in [3.8, 4) is 0 Å². The lowest BCUT2D eigenvalue weighted by atomic mass is 9.52. The Kier molecular flexibility index (Phi) is 3.19. The zero-order valence-corrected chi connectivity index (χ0v) is 14.6. The molecule has 0 radical (unpaired) electrons. The summed E-state index contributed by atoms with van der Waals surface area (Å²) >= 11 is 0. The molecule has 1 heterocycles. The summed E-state index contributed by atoms with van der Waals surface area (Å²) in [4.78, 5) is 12.4. The fourth-order valence-electron chi connectivity index (χ4n) is 6.64. The Morgan fingerprint density at radius 2 is 1.96 bits per heavy atom. The number of ether oxygens (including phenoxy) is 2. The van der Waals surface area contributed by atoms with Crippen LogP contribution in [0.1, 0.15) is 58.3 Å². The van der Waals surface area contributed by atoms with Gasteiger partial charge in [-0.3, -0.25) is 4.79 Å². The number of carbonyl (C=O) groups excluding carboxylic acids is 1. The lowest BCUT2D eigenvalue weighted by Gasteiger charge is -2.56. The van der Waals surface area contributed by atoms with Crippen molar-refractivity contribution in [3.05, 3.63) is 11.6 Å². The Hall–Kier alpha value is -0.710. The van der Waals surface area contributed by atoms with Crippen LogP contribution in [0.5, 0.6) is 0 Å². The fourth-order valence-corrected chi connectivity index (χ4v) is 6.64. The van der Waals surface area contributed by atoms with E-state index in [0.29, 0.717) is 30.8 Å². The standard InChI is InChI=1S/C20H28O4/c1-18-7-6-16-14(15(18)4-5-17(18)21)3-2-13-12-19(23-10-11-24-19)8-9-20(13,16)22/h6,13-15,22H,2-5,7-12H2,1H3/t13?,14?,15?,18?,20-/m0/s1. The maximum absolute atomic E-state index is 12.4. The zero-order valence-electron chi connectivity index (χ0n) is 14.6. The van der Waals surface area contributed by atoms with Gasteiger partial charge in [-0.05, 0) is 55.4 Å². The Morgan fingerprint density at radius 3 is 2.75 bits per heavy atom. The molecular formula is C20H28O4. The monoisotopic (exact) mass is 332 g/mol. The third-order valence-electron chi connectivity index (χ3n) is 8.03. The number of fused-ring (bicyclic) bond motifs is 5. The third kappa shape index (κ3) is 1.88. The van der Waals surface area contributed by atoms with E-state index in [1.807, 2.05) is 0 Å². The fraction of sp³-hybridized carbons (Fsp3) is 0.850. The molecule has 1 aliphatic heterocycles. The van der Waals surface area contributed by atoms with Gasteiger partial charge in [0.15, 0.2) is 5.79 Å². The number of rotatable bonds is 0. The average Bonchev–Trinajstić information content (AvgIpc) is 3.14. The minimum Gasteiger partial charge on any atom is -0.385 e. The van der Waals surface area contributed by atoms with E-state index in [4.69, 9.17) is 9.47 Å². The van der Waals surface area contributed by atoms with Crippen LogP contribution in [-0.4, -0.2) is 35.5 Å². The highest BCUT2D eigenvalue weighted by Crippen LogP contribution is 2.61. The number of aliphatic hydroxyl groups is 1. The molecule has 0 amide bonds. The first-order valence-corrected chi connectivity index (χ1v) is 9.71. The second-order valence-corrected chi connectivity index (χ2v) is 8.97. The van der Waals surface area contributed by atoms with Crippen LogP contribution in [0, 0.1) is 23.2 Å². The highest BCUT2D eigenvalue weighted by Gasteiger charge is 2.60. The Bertz CT molecular complexity index is 605. The summed E-state index contributed by atoms with van der Waals surface area (Å²) in [6.07, 6.45) is 9.24. The van der Waals surface area contributed by atoms with Gasteiger partial charge in [0.2, 0.25) is 0 Å². The number of ketones is 1. The quantitative estimate of drug-likeness (QED) is 0.693. The molecule has 24 heavy (non-hydrogen) atoms. The largest absolute Gasteiger partial charge is 0.385 e. The van der Waals surface area contributed by atoms with Gasteiger partial charge in [-0.25, -0.2) is 0 Å². The Labute approximate surface area is 143 Å². The molecule has 4 nitrogen and oxygen atoms in total. The van der Waals surface area contributed by atoms with Gasteiger partial charge in [0.1, 0.15) is 5.78 Å². The number of Topliss-reactive ketones (excluding diaryl/α,β-unsaturated/α-hetero) is 1. The molecule has 0 aromatic carbocycles. The topological polar surface area (TPSA) is 55.8 Å². The van der Waals surface area contributed by atoms with E-state index in [0.717, 1.165) is 51.4 Å². The summed E-state index contributed by atoms with van der Waals surface area (Å²) in [5.74, 6) is 1.07. The van der Waals surface area contributed by atoms with Gasteiger partial charge < -0.3 is 14.6 Å². The first-order chi connectivity index (χ1) is 11.5. The van der Waals surface area contributed by atoms with Crippen LogP contribution in [0.2, 0.25) is 0 Å². The van der Waals surface area contributed by atoms with E-state index in [9.17, 15) is 9.90 Å². The normalized spacial score (nSPS) is 49.5. The second-order valence-electron chi connectivity index (χ2n) is 8.97. The summed E-state index contributed by atoms with van der Waals surface area (Å²) in [6, 6.07) is 0. The molecule has 3 saturated carbocycles. The van der Waals surface area contributed by atoms with Crippen molar-refractivity contribution in [1.82, 2.24) is 0 Å². The first-order valence-electron chi connectivity index (χ1n) is 9.71. The minimum atomic E-state index is -0.698. The molecular weight excluding hydrogens is 304 g/mol. The predicted molar refractivity (Wildman–Crippen MR) is 88.2 cm³/mol. The van der Waals surface area contributed by atoms with Crippen molar-refractivity contribution in [2.75, 3.05) is 13.2 Å². The molecule has 0 aromatic rings. The third-order valence-corrected chi connectivity index (χ3v) is 8.03. The van der Waals surface area contributed by atoms with Crippen LogP contribution >= 0.6 is 0 Å². The average molecular weight is 332 g/mol. The maximum Gasteiger partial charge on any atom is 0.169 e. The van der Waals surface area contributed by atoms with E-state index < -0.39 is 11.4 Å². The molecule has 5 atom stereocenters. The van der Waals surface area contributed by atoms with Crippen molar-refractivity contribution in [3.63, 3.8) is 0 Å². The smallest absolute Gasteiger partial charge is 0.169 e. The van der Waals surface area contributed by atoms with E-state index in [1.54, 1.807) is 0 Å². The van der Waals surface area contributed by atoms with Crippen molar-refractivity contribution >= 4 is 5.78 Å². The van der Waals surface area contributed by atoms with E-state index >= 15 is 0 Å². The number of hydrogen-bond acceptors (Lipinski definition) is 4. The van der Waals surface area contributed by atoms with Gasteiger partial charge in [-0.2, -0.15) is 0 Å². The van der Waals surface area contributed by atoms with Gasteiger partial charge in [0.25, 0.3) is 0 Å². The SMILES string of the molecule is CC12CC=C3C(CCC4CC5(CC[C@@]34O)OCCO5)C1CCC2=O. The maximum atomic E-state index is 12.4. The summed E-state index contributed by atoms with van der Waals surface area (Å²) in [5, 5.41) is 11.6. The minimum absolute atomic E-state index is 0.176. The highest BCUT2D eigenvalue weighted by atomic mass is 16.7. The van der Waals surface area contributed by atoms with E-state index in [1.165, 1.54) is 5.57 Å². The van der Waals surface area contributed by atoms with Crippen molar-refractivity contribution in [2.24, 2.45) is 23.2 Å². The molecule has 1 spiro atoms. The molecule has 5 rings (SSSR count). The summed E-state index contributed by atoms with van der Waals surface area (Å²) < 4.78 is 11.8. The van der Waals surface area contributed by atoms with Crippen LogP contribution in [0.25, 0.3) is 0 Å². The molecule has 4 fully saturated rings. The highest BCUT2D eigenvalue weighted by molar-refractivity contribution is 5.87. The molecule has 4 unspecified atom stereocenters. The summed E-state index contributed by atoms with van der Waals surface area (Å²) in [7, 11) is 0. The van der Waals surface area contributed by atoms with Crippen molar-refractivity contribution in [1.29, 1.82) is 0 Å². The van der Waals surface area contributed by atoms with Crippen LogP contribution < -0.4 is 0 Å². The van der Waals surface area contributed by atoms with Gasteiger partial charge in [0, 0.05) is 24.7 Å². The lowest BCUT2D eigenvalue weighted by Crippen LogP contribution is -2.56. The van der Waals surface area contributed by atoms with Crippen LogP contribution in [0.15, 0.2) is 11.6 Å². The van der Waals surface area contributed by atoms with Gasteiger partial charge in [0.05, 0.1) is 18.8 Å². The summed E-state index contributed by atoms with van der Waals surface area (Å²) in [6.45, 7) is 3.52. The second kappa shape index (κ2) is 4.93. The van der Waals surface area contributed by atoms with Gasteiger partial charge in [-0.15, -0.1) is 0 Å². The molecule has 1 N–H and O–H groups in total. The van der Waals surface area contributed by atoms with Gasteiger partial charge in [-0.1, -0.05) is 13.0 Å². The van der Waals surface area contributed by atoms with Crippen molar-refractivity contribution < 1.29 is 19.4 Å². The molecule has 1 saturated heterocycles.